The van der Waals surface area contributed by atoms with Crippen molar-refractivity contribution in [1.29, 1.82) is 0 Å². The molecule has 4 saturated carbocycles. The van der Waals surface area contributed by atoms with Crippen molar-refractivity contribution in [1.82, 2.24) is 4.90 Å². The van der Waals surface area contributed by atoms with E-state index in [1.165, 1.54) is 32.1 Å². The first-order valence-electron chi connectivity index (χ1n) is 7.13. The van der Waals surface area contributed by atoms with Gasteiger partial charge in [-0.25, -0.2) is 0 Å². The third kappa shape index (κ3) is 1.99. The normalized spacial score (nSPS) is 43.3. The number of likely N-dealkylation sites (N-methyl/N-ethyl adjacent to an activating group) is 1. The fraction of sp³-hybridized carbons (Fsp3) is 0.929. The van der Waals surface area contributed by atoms with Gasteiger partial charge in [0.2, 0.25) is 0 Å². The lowest BCUT2D eigenvalue weighted by Crippen LogP contribution is -2.56. The number of hydrogen-bond donors (Lipinski definition) is 1. The highest BCUT2D eigenvalue weighted by atomic mass is 16.4. The molecule has 4 aliphatic rings. The molecule has 0 saturated heterocycles. The highest BCUT2D eigenvalue weighted by molar-refractivity contribution is 5.69. The van der Waals surface area contributed by atoms with Crippen LogP contribution in [-0.2, 0) is 4.79 Å². The van der Waals surface area contributed by atoms with E-state index in [0.29, 0.717) is 6.04 Å². The highest BCUT2D eigenvalue weighted by Gasteiger charge is 2.49. The van der Waals surface area contributed by atoms with Gasteiger partial charge in [-0.1, -0.05) is 6.92 Å². The Morgan fingerprint density at radius 2 is 1.65 bits per heavy atom. The van der Waals surface area contributed by atoms with E-state index in [2.05, 4.69) is 11.8 Å². The van der Waals surface area contributed by atoms with Crippen LogP contribution in [0.1, 0.15) is 39.0 Å². The maximum absolute atomic E-state index is 11.0. The van der Waals surface area contributed by atoms with Crippen LogP contribution in [0, 0.1) is 23.7 Å². The molecule has 1 N–H and O–H groups in total. The van der Waals surface area contributed by atoms with Gasteiger partial charge in [-0.15, -0.1) is 0 Å². The molecule has 3 nitrogen and oxygen atoms in total. The first kappa shape index (κ1) is 11.5. The first-order chi connectivity index (χ1) is 8.17. The van der Waals surface area contributed by atoms with Crippen LogP contribution in [0.2, 0.25) is 0 Å². The third-order valence-electron chi connectivity index (χ3n) is 5.34. The largest absolute Gasteiger partial charge is 0.480 e. The number of hydrogen-bond acceptors (Lipinski definition) is 2. The molecule has 4 fully saturated rings. The summed E-state index contributed by atoms with van der Waals surface area (Å²) in [6.45, 7) is 3.23. The second-order valence-electron chi connectivity index (χ2n) is 6.38. The summed E-state index contributed by atoms with van der Waals surface area (Å²) in [6, 6.07) is 0.573. The predicted molar refractivity (Wildman–Crippen MR) is 65.7 cm³/mol. The molecule has 0 heterocycles. The lowest BCUT2D eigenvalue weighted by atomic mass is 9.54. The number of carbonyl (C=O) groups is 1. The molecule has 4 bridgehead atoms. The fourth-order valence-electron chi connectivity index (χ4n) is 5.09. The van der Waals surface area contributed by atoms with Gasteiger partial charge in [0.25, 0.3) is 0 Å². The third-order valence-corrected chi connectivity index (χ3v) is 5.34. The van der Waals surface area contributed by atoms with Gasteiger partial charge in [0.1, 0.15) is 0 Å². The molecular weight excluding hydrogens is 214 g/mol. The SMILES string of the molecule is CCN(CC(=O)O)C1C2CC3CC(C2)CC1C3. The molecule has 0 aliphatic heterocycles. The van der Waals surface area contributed by atoms with Gasteiger partial charge in [-0.05, 0) is 62.3 Å². The molecule has 0 radical (unpaired) electrons. The van der Waals surface area contributed by atoms with Gasteiger partial charge in [0.15, 0.2) is 0 Å². The average molecular weight is 237 g/mol. The topological polar surface area (TPSA) is 40.5 Å². The fourth-order valence-corrected chi connectivity index (χ4v) is 5.09. The van der Waals surface area contributed by atoms with E-state index in [1.807, 2.05) is 0 Å². The Morgan fingerprint density at radius 1 is 1.12 bits per heavy atom. The van der Waals surface area contributed by atoms with Gasteiger partial charge in [0.05, 0.1) is 6.54 Å². The molecule has 0 aromatic heterocycles. The molecule has 0 atom stereocenters. The van der Waals surface area contributed by atoms with Crippen LogP contribution in [0.25, 0.3) is 0 Å². The number of rotatable bonds is 4. The summed E-state index contributed by atoms with van der Waals surface area (Å²) in [7, 11) is 0. The average Bonchev–Trinajstić information content (AvgIpc) is 2.25. The van der Waals surface area contributed by atoms with Gasteiger partial charge in [-0.2, -0.15) is 0 Å². The molecule has 4 rings (SSSR count). The lowest BCUT2D eigenvalue weighted by Gasteiger charge is -2.57. The van der Waals surface area contributed by atoms with Crippen molar-refractivity contribution in [2.24, 2.45) is 23.7 Å². The van der Waals surface area contributed by atoms with Crippen LogP contribution in [0.4, 0.5) is 0 Å². The Kier molecular flexibility index (Phi) is 2.89. The molecule has 3 heteroatoms. The van der Waals surface area contributed by atoms with E-state index in [-0.39, 0.29) is 6.54 Å². The van der Waals surface area contributed by atoms with Gasteiger partial charge >= 0.3 is 5.97 Å². The zero-order valence-corrected chi connectivity index (χ0v) is 10.6. The Morgan fingerprint density at radius 3 is 2.06 bits per heavy atom. The van der Waals surface area contributed by atoms with Crippen molar-refractivity contribution in [2.45, 2.75) is 45.1 Å². The highest BCUT2D eigenvalue weighted by Crippen LogP contribution is 2.55. The zero-order valence-electron chi connectivity index (χ0n) is 10.6. The van der Waals surface area contributed by atoms with Crippen molar-refractivity contribution in [3.63, 3.8) is 0 Å². The molecule has 0 unspecified atom stereocenters. The molecule has 96 valence electrons. The van der Waals surface area contributed by atoms with E-state index in [1.54, 1.807) is 0 Å². The maximum Gasteiger partial charge on any atom is 0.317 e. The van der Waals surface area contributed by atoms with Crippen LogP contribution in [0.15, 0.2) is 0 Å². The Hall–Kier alpha value is -0.570. The van der Waals surface area contributed by atoms with Crippen molar-refractivity contribution in [3.05, 3.63) is 0 Å². The van der Waals surface area contributed by atoms with Crippen LogP contribution in [0.3, 0.4) is 0 Å². The summed E-state index contributed by atoms with van der Waals surface area (Å²) in [5.74, 6) is 2.87. The Balaban J connectivity index is 1.76. The minimum atomic E-state index is -0.666. The van der Waals surface area contributed by atoms with Crippen molar-refractivity contribution >= 4 is 5.97 Å². The summed E-state index contributed by atoms with van der Waals surface area (Å²) in [5, 5.41) is 9.03. The monoisotopic (exact) mass is 237 g/mol. The summed E-state index contributed by atoms with van der Waals surface area (Å²) in [4.78, 5) is 13.2. The summed E-state index contributed by atoms with van der Waals surface area (Å²) < 4.78 is 0. The minimum Gasteiger partial charge on any atom is -0.480 e. The quantitative estimate of drug-likeness (QED) is 0.815. The molecular formula is C14H23NO2. The molecule has 4 aliphatic carbocycles. The van der Waals surface area contributed by atoms with Crippen molar-refractivity contribution in [3.8, 4) is 0 Å². The summed E-state index contributed by atoms with van der Waals surface area (Å²) >= 11 is 0. The van der Waals surface area contributed by atoms with E-state index in [9.17, 15) is 4.79 Å². The minimum absolute atomic E-state index is 0.240. The van der Waals surface area contributed by atoms with Gasteiger partial charge < -0.3 is 5.11 Å². The second kappa shape index (κ2) is 4.27. The number of nitrogens with zero attached hydrogens (tertiary/aromatic N) is 1. The molecule has 0 aromatic rings. The lowest BCUT2D eigenvalue weighted by molar-refractivity contribution is -0.141. The number of aliphatic carboxylic acids is 1. The zero-order chi connectivity index (χ0) is 12.0. The summed E-state index contributed by atoms with van der Waals surface area (Å²) in [6.07, 6.45) is 6.94. The second-order valence-corrected chi connectivity index (χ2v) is 6.38. The smallest absolute Gasteiger partial charge is 0.317 e. The predicted octanol–water partition coefficient (Wildman–Crippen LogP) is 2.22. The number of carboxylic acid groups (broad SMARTS) is 1. The van der Waals surface area contributed by atoms with Crippen LogP contribution in [0.5, 0.6) is 0 Å². The van der Waals surface area contributed by atoms with E-state index >= 15 is 0 Å². The van der Waals surface area contributed by atoms with Gasteiger partial charge in [0, 0.05) is 6.04 Å². The molecule has 17 heavy (non-hydrogen) atoms. The van der Waals surface area contributed by atoms with Crippen molar-refractivity contribution in [2.75, 3.05) is 13.1 Å². The molecule has 0 amide bonds. The van der Waals surface area contributed by atoms with Crippen LogP contribution >= 0.6 is 0 Å². The Bertz CT molecular complexity index is 287. The van der Waals surface area contributed by atoms with Crippen LogP contribution in [-0.4, -0.2) is 35.1 Å². The molecule has 0 spiro atoms. The van der Waals surface area contributed by atoms with E-state index in [4.69, 9.17) is 5.11 Å². The Labute approximate surface area is 103 Å². The van der Waals surface area contributed by atoms with Crippen molar-refractivity contribution < 1.29 is 9.90 Å². The van der Waals surface area contributed by atoms with Crippen LogP contribution < -0.4 is 0 Å². The number of carboxylic acids is 1. The van der Waals surface area contributed by atoms with E-state index in [0.717, 1.165) is 30.2 Å². The van der Waals surface area contributed by atoms with E-state index < -0.39 is 5.97 Å². The summed E-state index contributed by atoms with van der Waals surface area (Å²) in [5.41, 5.74) is 0. The standard InChI is InChI=1S/C14H23NO2/c1-2-15(8-13(16)17)14-11-4-9-3-10(6-11)7-12(14)5-9/h9-12,14H,2-8H2,1H3,(H,16,17). The first-order valence-corrected chi connectivity index (χ1v) is 7.13. The maximum atomic E-state index is 11.0. The van der Waals surface area contributed by atoms with Gasteiger partial charge in [-0.3, -0.25) is 9.69 Å². The molecule has 0 aromatic carbocycles.